The molecular formula is C26H40O5S. The molecule has 0 radical (unpaired) electrons. The van der Waals surface area contributed by atoms with E-state index in [-0.39, 0.29) is 10.8 Å². The Morgan fingerprint density at radius 2 is 1.72 bits per heavy atom. The molecular weight excluding hydrogens is 424 g/mol. The van der Waals surface area contributed by atoms with E-state index in [4.69, 9.17) is 8.92 Å². The third-order valence-electron chi connectivity index (χ3n) is 6.66. The van der Waals surface area contributed by atoms with Gasteiger partial charge in [-0.25, -0.2) is 0 Å². The molecule has 1 aliphatic carbocycles. The molecule has 180 valence electrons. The van der Waals surface area contributed by atoms with Crippen LogP contribution in [0.5, 0.6) is 5.75 Å². The van der Waals surface area contributed by atoms with E-state index in [0.717, 1.165) is 48.8 Å². The molecule has 1 aliphatic rings. The molecule has 32 heavy (non-hydrogen) atoms. The van der Waals surface area contributed by atoms with Crippen LogP contribution in [0.2, 0.25) is 0 Å². The zero-order valence-corrected chi connectivity index (χ0v) is 21.7. The zero-order chi connectivity index (χ0) is 24.3. The lowest BCUT2D eigenvalue weighted by molar-refractivity contribution is -0.00190. The Balaban J connectivity index is 2.36. The van der Waals surface area contributed by atoms with Gasteiger partial charge in [-0.3, -0.25) is 0 Å². The molecule has 0 spiro atoms. The Morgan fingerprint density at radius 3 is 2.19 bits per heavy atom. The first-order valence-corrected chi connectivity index (χ1v) is 13.3. The van der Waals surface area contributed by atoms with Gasteiger partial charge in [0.2, 0.25) is 0 Å². The predicted molar refractivity (Wildman–Crippen MR) is 130 cm³/mol. The summed E-state index contributed by atoms with van der Waals surface area (Å²) in [5.41, 5.74) is 4.10. The summed E-state index contributed by atoms with van der Waals surface area (Å²) in [5, 5.41) is 10.3. The lowest BCUT2D eigenvalue weighted by atomic mass is 9.67. The molecule has 0 heterocycles. The van der Waals surface area contributed by atoms with E-state index in [2.05, 4.69) is 32.9 Å². The van der Waals surface area contributed by atoms with Crippen molar-refractivity contribution in [2.24, 2.45) is 5.41 Å². The summed E-state index contributed by atoms with van der Waals surface area (Å²) >= 11 is 0. The van der Waals surface area contributed by atoms with Gasteiger partial charge in [0.05, 0.1) is 18.1 Å². The Kier molecular flexibility index (Phi) is 8.27. The van der Waals surface area contributed by atoms with Crippen LogP contribution in [0.1, 0.15) is 78.4 Å². The highest BCUT2D eigenvalue weighted by Gasteiger charge is 2.35. The Labute approximate surface area is 194 Å². The molecule has 0 saturated carbocycles. The van der Waals surface area contributed by atoms with Crippen molar-refractivity contribution in [3.05, 3.63) is 52.3 Å². The molecule has 2 rings (SSSR count). The smallest absolute Gasteiger partial charge is 0.306 e. The highest BCUT2D eigenvalue weighted by atomic mass is 32.2. The van der Waals surface area contributed by atoms with Crippen molar-refractivity contribution < 1.29 is 22.4 Å². The number of aliphatic hydroxyl groups is 1. The summed E-state index contributed by atoms with van der Waals surface area (Å²) in [6.07, 6.45) is 6.36. The summed E-state index contributed by atoms with van der Waals surface area (Å²) in [4.78, 5) is 0. The maximum Gasteiger partial charge on any atom is 0.306 e. The van der Waals surface area contributed by atoms with Crippen LogP contribution in [0, 0.1) is 12.3 Å². The van der Waals surface area contributed by atoms with Gasteiger partial charge in [-0.2, -0.15) is 8.42 Å². The second kappa shape index (κ2) is 10.0. The summed E-state index contributed by atoms with van der Waals surface area (Å²) in [6, 6.07) is 5.81. The van der Waals surface area contributed by atoms with Crippen LogP contribution in [0.15, 0.2) is 41.2 Å². The number of aryl methyl sites for hydroxylation is 1. The molecule has 0 amide bonds. The number of rotatable bonds is 9. The summed E-state index contributed by atoms with van der Waals surface area (Å²) in [7, 11) is -3.56. The van der Waals surface area contributed by atoms with Crippen molar-refractivity contribution in [2.45, 2.75) is 85.7 Å². The van der Waals surface area contributed by atoms with E-state index >= 15 is 0 Å². The molecule has 0 aliphatic heterocycles. The molecule has 0 saturated heterocycles. The first-order chi connectivity index (χ1) is 14.7. The van der Waals surface area contributed by atoms with Crippen molar-refractivity contribution in [3.8, 4) is 5.75 Å². The van der Waals surface area contributed by atoms with Crippen molar-refractivity contribution in [3.63, 3.8) is 0 Å². The number of hydrogen-bond donors (Lipinski definition) is 1. The van der Waals surface area contributed by atoms with Gasteiger partial charge in [0.1, 0.15) is 12.4 Å². The minimum atomic E-state index is -3.56. The first kappa shape index (κ1) is 26.5. The van der Waals surface area contributed by atoms with Crippen LogP contribution in [-0.4, -0.2) is 32.5 Å². The Bertz CT molecular complexity index is 976. The normalized spacial score (nSPS) is 16.6. The topological polar surface area (TPSA) is 72.8 Å². The molecule has 0 fully saturated rings. The quantitative estimate of drug-likeness (QED) is 0.467. The van der Waals surface area contributed by atoms with Crippen LogP contribution in [0.25, 0.3) is 0 Å². The van der Waals surface area contributed by atoms with Gasteiger partial charge in [0.25, 0.3) is 0 Å². The average molecular weight is 465 g/mol. The maximum absolute atomic E-state index is 11.5. The number of aliphatic hydroxyl groups excluding tert-OH is 1. The lowest BCUT2D eigenvalue weighted by Crippen LogP contribution is -2.31. The molecule has 0 aromatic heterocycles. The van der Waals surface area contributed by atoms with E-state index in [1.807, 2.05) is 33.8 Å². The second-order valence-electron chi connectivity index (χ2n) is 10.0. The van der Waals surface area contributed by atoms with Gasteiger partial charge in [-0.15, -0.1) is 0 Å². The summed E-state index contributed by atoms with van der Waals surface area (Å²) in [6.45, 7) is 14.7. The van der Waals surface area contributed by atoms with Crippen LogP contribution in [-0.2, 0) is 20.3 Å². The molecule has 5 nitrogen and oxygen atoms in total. The minimum absolute atomic E-state index is 0.133. The molecule has 0 bridgehead atoms. The van der Waals surface area contributed by atoms with Crippen molar-refractivity contribution in [1.82, 2.24) is 0 Å². The van der Waals surface area contributed by atoms with Crippen LogP contribution in [0.4, 0.5) is 0 Å². The van der Waals surface area contributed by atoms with E-state index in [1.54, 1.807) is 6.07 Å². The Morgan fingerprint density at radius 1 is 1.09 bits per heavy atom. The first-order valence-electron chi connectivity index (χ1n) is 11.5. The fourth-order valence-electron chi connectivity index (χ4n) is 4.35. The van der Waals surface area contributed by atoms with Crippen molar-refractivity contribution in [2.75, 3.05) is 12.9 Å². The molecule has 0 unspecified atom stereocenters. The van der Waals surface area contributed by atoms with Gasteiger partial charge >= 0.3 is 10.1 Å². The summed E-state index contributed by atoms with van der Waals surface area (Å²) < 4.78 is 34.2. The fraction of sp³-hybridized carbons (Fsp3) is 0.615. The Hall–Kier alpha value is -1.79. The molecule has 6 heteroatoms. The van der Waals surface area contributed by atoms with Gasteiger partial charge < -0.3 is 14.0 Å². The predicted octanol–water partition coefficient (Wildman–Crippen LogP) is 5.81. The number of ether oxygens (including phenoxy) is 1. The molecule has 1 atom stereocenters. The molecule has 1 N–H and O–H groups in total. The zero-order valence-electron chi connectivity index (χ0n) is 20.9. The molecule has 1 aromatic carbocycles. The van der Waals surface area contributed by atoms with Crippen LogP contribution >= 0.6 is 0 Å². The van der Waals surface area contributed by atoms with E-state index in [0.29, 0.717) is 12.4 Å². The third-order valence-corrected chi connectivity index (χ3v) is 7.14. The lowest BCUT2D eigenvalue weighted by Gasteiger charge is -2.38. The maximum atomic E-state index is 11.5. The van der Waals surface area contributed by atoms with Gasteiger partial charge in [-0.1, -0.05) is 58.4 Å². The van der Waals surface area contributed by atoms with Crippen molar-refractivity contribution in [1.29, 1.82) is 0 Å². The average Bonchev–Trinajstić information content (AvgIpc) is 2.68. The van der Waals surface area contributed by atoms with Crippen molar-refractivity contribution >= 4 is 10.1 Å². The second-order valence-corrected chi connectivity index (χ2v) is 11.6. The van der Waals surface area contributed by atoms with Gasteiger partial charge in [-0.05, 0) is 61.3 Å². The van der Waals surface area contributed by atoms with Crippen LogP contribution < -0.4 is 4.18 Å². The fourth-order valence-corrected chi connectivity index (χ4v) is 4.87. The highest BCUT2D eigenvalue weighted by molar-refractivity contribution is 7.86. The number of benzene rings is 1. The van der Waals surface area contributed by atoms with E-state index < -0.39 is 16.2 Å². The number of allylic oxidation sites excluding steroid dienone is 4. The standard InChI is InChI=1S/C26H40O5S/c1-9-26(10-2,21-12-14-23(19(4)16-21)31-32(8,28)29)20-11-13-22(18(3)15-20)30-17-24(27)25(5,6)7/h12,14-16,24,27H,9-11,13,17H2,1-8H3/t24-/m0/s1. The minimum Gasteiger partial charge on any atom is -0.495 e. The number of hydrogen-bond acceptors (Lipinski definition) is 5. The van der Waals surface area contributed by atoms with E-state index in [9.17, 15) is 13.5 Å². The SMILES string of the molecule is CCC(CC)(C1=CC(C)=C(OC[C@H](O)C(C)(C)C)CC1)c1ccc(OS(C)(=O)=O)c(C)c1. The van der Waals surface area contributed by atoms with Gasteiger partial charge in [0, 0.05) is 11.8 Å². The summed E-state index contributed by atoms with van der Waals surface area (Å²) in [5.74, 6) is 1.32. The molecule has 1 aromatic rings. The van der Waals surface area contributed by atoms with Crippen LogP contribution in [0.3, 0.4) is 0 Å². The largest absolute Gasteiger partial charge is 0.495 e. The monoisotopic (exact) mass is 464 g/mol. The highest BCUT2D eigenvalue weighted by Crippen LogP contribution is 2.45. The van der Waals surface area contributed by atoms with Gasteiger partial charge in [0.15, 0.2) is 0 Å². The third kappa shape index (κ3) is 6.16. The van der Waals surface area contributed by atoms with E-state index in [1.165, 1.54) is 11.1 Å².